The Morgan fingerprint density at radius 3 is 2.03 bits per heavy atom. The summed E-state index contributed by atoms with van der Waals surface area (Å²) in [5.74, 6) is -0.652. The van der Waals surface area contributed by atoms with Crippen LogP contribution >= 0.6 is 0 Å². The van der Waals surface area contributed by atoms with Gasteiger partial charge in [-0.1, -0.05) is 66.2 Å². The number of rotatable bonds is 10. The first-order valence-electron chi connectivity index (χ1n) is 11.3. The van der Waals surface area contributed by atoms with Crippen molar-refractivity contribution >= 4 is 18.3 Å². The van der Waals surface area contributed by atoms with E-state index in [-0.39, 0.29) is 19.1 Å². The van der Waals surface area contributed by atoms with Crippen LogP contribution in [0.15, 0.2) is 60.7 Å². The summed E-state index contributed by atoms with van der Waals surface area (Å²) < 4.78 is 15.5. The molecule has 2 atom stereocenters. The molecule has 7 heteroatoms. The van der Waals surface area contributed by atoms with Gasteiger partial charge in [0.15, 0.2) is 6.04 Å². The molecule has 2 aromatic carbocycles. The summed E-state index contributed by atoms with van der Waals surface area (Å²) in [6.45, 7) is 7.46. The average Bonchev–Trinajstić information content (AvgIpc) is 2.78. The van der Waals surface area contributed by atoms with E-state index >= 15 is 0 Å². The Labute approximate surface area is 202 Å². The van der Waals surface area contributed by atoms with E-state index in [1.165, 1.54) is 12.7 Å². The van der Waals surface area contributed by atoms with Crippen molar-refractivity contribution < 1.29 is 28.6 Å². The summed E-state index contributed by atoms with van der Waals surface area (Å²) in [4.78, 5) is 34.7. The minimum absolute atomic E-state index is 0.0234. The van der Waals surface area contributed by atoms with E-state index in [0.29, 0.717) is 12.8 Å². The van der Waals surface area contributed by atoms with Crippen LogP contribution in [0.5, 0.6) is 0 Å². The third-order valence-corrected chi connectivity index (χ3v) is 4.55. The predicted octanol–water partition coefficient (Wildman–Crippen LogP) is 4.51. The molecule has 0 fully saturated rings. The van der Waals surface area contributed by atoms with Crippen LogP contribution in [0.3, 0.4) is 0 Å². The zero-order valence-corrected chi connectivity index (χ0v) is 20.8. The van der Waals surface area contributed by atoms with Crippen LogP contribution in [0.25, 0.3) is 0 Å². The first kappa shape index (κ1) is 28.8. The standard InChI is InChI=1S/C20H29NO6.C7H8/c1-20(2,3)27-19(24)21-17(18(23)25-4)14-26-13-16(10-11-22)12-15-8-6-5-7-9-15;1-7-5-3-2-4-6-7/h5-9,11,16-17H,10,12-14H2,1-4H3,(H,21,24);2-6H,1H3/t16?,17-;/m0./s1. The normalized spacial score (nSPS) is 12.4. The Morgan fingerprint density at radius 2 is 1.56 bits per heavy atom. The van der Waals surface area contributed by atoms with E-state index in [9.17, 15) is 14.4 Å². The molecule has 1 N–H and O–H groups in total. The van der Waals surface area contributed by atoms with Gasteiger partial charge in [-0.25, -0.2) is 9.59 Å². The van der Waals surface area contributed by atoms with Gasteiger partial charge in [0.1, 0.15) is 11.9 Å². The van der Waals surface area contributed by atoms with E-state index < -0.39 is 23.7 Å². The number of aldehydes is 1. The molecule has 0 aromatic heterocycles. The minimum Gasteiger partial charge on any atom is -0.467 e. The number of carbonyl (C=O) groups excluding carboxylic acids is 3. The number of nitrogens with one attached hydrogen (secondary N) is 1. The Balaban J connectivity index is 0.000000700. The average molecular weight is 472 g/mol. The maximum absolute atomic E-state index is 11.9. The quantitative estimate of drug-likeness (QED) is 0.405. The number of carbonyl (C=O) groups is 3. The second-order valence-electron chi connectivity index (χ2n) is 8.87. The predicted molar refractivity (Wildman–Crippen MR) is 131 cm³/mol. The zero-order chi connectivity index (χ0) is 25.4. The molecule has 7 nitrogen and oxygen atoms in total. The highest BCUT2D eigenvalue weighted by atomic mass is 16.6. The van der Waals surface area contributed by atoms with Crippen molar-refractivity contribution in [3.8, 4) is 0 Å². The van der Waals surface area contributed by atoms with Crippen molar-refractivity contribution in [2.45, 2.75) is 52.2 Å². The van der Waals surface area contributed by atoms with Crippen LogP contribution in [-0.4, -0.2) is 50.3 Å². The molecule has 1 unspecified atom stereocenters. The van der Waals surface area contributed by atoms with E-state index in [2.05, 4.69) is 24.4 Å². The van der Waals surface area contributed by atoms with Gasteiger partial charge in [-0.15, -0.1) is 0 Å². The van der Waals surface area contributed by atoms with Crippen molar-refractivity contribution in [2.75, 3.05) is 20.3 Å². The van der Waals surface area contributed by atoms with Gasteiger partial charge < -0.3 is 24.3 Å². The lowest BCUT2D eigenvalue weighted by molar-refractivity contribution is -0.145. The molecule has 0 saturated carbocycles. The SMILES string of the molecule is COC(=O)[C@H](COCC(CC=O)Cc1ccccc1)NC(=O)OC(C)(C)C.Cc1ccccc1. The Hall–Kier alpha value is -3.19. The third kappa shape index (κ3) is 13.4. The van der Waals surface area contributed by atoms with E-state index in [1.54, 1.807) is 20.8 Å². The summed E-state index contributed by atoms with van der Waals surface area (Å²) in [6.07, 6.45) is 1.16. The summed E-state index contributed by atoms with van der Waals surface area (Å²) in [5, 5.41) is 2.45. The first-order chi connectivity index (χ1) is 16.1. The molecule has 0 spiro atoms. The number of methoxy groups -OCH3 is 1. The Morgan fingerprint density at radius 1 is 0.971 bits per heavy atom. The van der Waals surface area contributed by atoms with Gasteiger partial charge in [0.25, 0.3) is 0 Å². The molecule has 0 aliphatic heterocycles. The highest BCUT2D eigenvalue weighted by Gasteiger charge is 2.25. The highest BCUT2D eigenvalue weighted by molar-refractivity contribution is 5.81. The first-order valence-corrected chi connectivity index (χ1v) is 11.3. The van der Waals surface area contributed by atoms with Crippen LogP contribution in [-0.2, 0) is 30.2 Å². The molecular weight excluding hydrogens is 434 g/mol. The van der Waals surface area contributed by atoms with Gasteiger partial charge in [-0.3, -0.25) is 0 Å². The largest absolute Gasteiger partial charge is 0.467 e. The lowest BCUT2D eigenvalue weighted by atomic mass is 9.97. The van der Waals surface area contributed by atoms with Crippen molar-refractivity contribution in [3.05, 3.63) is 71.8 Å². The molecule has 0 aliphatic carbocycles. The van der Waals surface area contributed by atoms with Crippen LogP contribution < -0.4 is 5.32 Å². The van der Waals surface area contributed by atoms with Crippen molar-refractivity contribution in [2.24, 2.45) is 5.92 Å². The molecule has 2 aromatic rings. The topological polar surface area (TPSA) is 90.9 Å². The van der Waals surface area contributed by atoms with Crippen molar-refractivity contribution in [3.63, 3.8) is 0 Å². The van der Waals surface area contributed by atoms with Crippen molar-refractivity contribution in [1.29, 1.82) is 0 Å². The van der Waals surface area contributed by atoms with Crippen LogP contribution in [0.1, 0.15) is 38.3 Å². The molecule has 0 bridgehead atoms. The van der Waals surface area contributed by atoms with E-state index in [0.717, 1.165) is 11.8 Å². The molecule has 0 aliphatic rings. The molecule has 1 amide bonds. The molecule has 0 saturated heterocycles. The second-order valence-corrected chi connectivity index (χ2v) is 8.87. The molecule has 2 rings (SSSR count). The summed E-state index contributed by atoms with van der Waals surface area (Å²) in [5.41, 5.74) is 1.74. The van der Waals surface area contributed by atoms with Gasteiger partial charge in [0, 0.05) is 6.42 Å². The zero-order valence-electron chi connectivity index (χ0n) is 20.8. The van der Waals surface area contributed by atoms with Crippen LogP contribution in [0, 0.1) is 12.8 Å². The fourth-order valence-corrected chi connectivity index (χ4v) is 2.94. The highest BCUT2D eigenvalue weighted by Crippen LogP contribution is 2.12. The van der Waals surface area contributed by atoms with Gasteiger partial charge in [-0.2, -0.15) is 0 Å². The monoisotopic (exact) mass is 471 g/mol. The summed E-state index contributed by atoms with van der Waals surface area (Å²) in [7, 11) is 1.23. The molecular formula is C27H37NO6. The number of aryl methyl sites for hydroxylation is 1. The summed E-state index contributed by atoms with van der Waals surface area (Å²) in [6, 6.07) is 19.0. The number of ether oxygens (including phenoxy) is 3. The maximum Gasteiger partial charge on any atom is 0.408 e. The summed E-state index contributed by atoms with van der Waals surface area (Å²) >= 11 is 0. The molecule has 34 heavy (non-hydrogen) atoms. The van der Waals surface area contributed by atoms with E-state index in [1.807, 2.05) is 48.5 Å². The molecule has 0 radical (unpaired) electrons. The van der Waals surface area contributed by atoms with Crippen LogP contribution in [0.2, 0.25) is 0 Å². The Bertz CT molecular complexity index is 848. The van der Waals surface area contributed by atoms with Crippen LogP contribution in [0.4, 0.5) is 4.79 Å². The van der Waals surface area contributed by atoms with Gasteiger partial charge in [-0.05, 0) is 45.6 Å². The second kappa shape index (κ2) is 15.6. The maximum atomic E-state index is 11.9. The van der Waals surface area contributed by atoms with E-state index in [4.69, 9.17) is 14.2 Å². The third-order valence-electron chi connectivity index (χ3n) is 4.55. The Kier molecular flexibility index (Phi) is 13.2. The number of hydrogen-bond donors (Lipinski definition) is 1. The minimum atomic E-state index is -0.988. The number of alkyl carbamates (subject to hydrolysis) is 1. The number of amides is 1. The van der Waals surface area contributed by atoms with Gasteiger partial charge in [0.2, 0.25) is 0 Å². The smallest absolute Gasteiger partial charge is 0.408 e. The lowest BCUT2D eigenvalue weighted by Gasteiger charge is -2.23. The fourth-order valence-electron chi connectivity index (χ4n) is 2.94. The van der Waals surface area contributed by atoms with Crippen molar-refractivity contribution in [1.82, 2.24) is 5.32 Å². The van der Waals surface area contributed by atoms with Gasteiger partial charge >= 0.3 is 12.1 Å². The fraction of sp³-hybridized carbons (Fsp3) is 0.444. The lowest BCUT2D eigenvalue weighted by Crippen LogP contribution is -2.46. The number of hydrogen-bond acceptors (Lipinski definition) is 6. The number of benzene rings is 2. The molecule has 186 valence electrons. The number of esters is 1. The molecule has 0 heterocycles. The van der Waals surface area contributed by atoms with Gasteiger partial charge in [0.05, 0.1) is 20.3 Å².